The molecule has 1 aliphatic heterocycles. The Hall–Kier alpha value is -0.707. The number of nitrogen functional groups attached to an aromatic ring is 1. The fourth-order valence-electron chi connectivity index (χ4n) is 1.88. The monoisotopic (exact) mass is 385 g/mol. The van der Waals surface area contributed by atoms with Crippen LogP contribution in [0.5, 0.6) is 0 Å². The molecule has 1 aliphatic rings. The third-order valence-electron chi connectivity index (χ3n) is 2.86. The molecule has 0 aliphatic carbocycles. The third kappa shape index (κ3) is 4.40. The van der Waals surface area contributed by atoms with Crippen molar-refractivity contribution in [3.8, 4) is 0 Å². The molecule has 0 unspecified atom stereocenters. The molecule has 1 saturated heterocycles. The van der Waals surface area contributed by atoms with Gasteiger partial charge in [0.1, 0.15) is 24.1 Å². The standard InChI is InChI=1S/C9H14N3O8P.Zn/c10-5-1-2-12(9(15)11-5)8-7(14)6(13)4(20-8)3-19-21(16,17)18;/h1-2,4,6-8,13-14H,3H2,(H2,10,11,15)(H2,16,17,18);/q;+2/p-2/t4-,6-,7-,8-;/m1./s1. The summed E-state index contributed by atoms with van der Waals surface area (Å²) in [5.74, 6) is -0.0391. The zero-order valence-electron chi connectivity index (χ0n) is 11.1. The number of hydrogen-bond acceptors (Lipinski definition) is 10. The summed E-state index contributed by atoms with van der Waals surface area (Å²) in [7, 11) is -5.24. The van der Waals surface area contributed by atoms with Gasteiger partial charge in [0.25, 0.3) is 0 Å². The van der Waals surface area contributed by atoms with Crippen LogP contribution in [0.15, 0.2) is 17.1 Å². The molecule has 13 heteroatoms. The summed E-state index contributed by atoms with van der Waals surface area (Å²) in [4.78, 5) is 35.8. The Bertz CT molecular complexity index is 621. The van der Waals surface area contributed by atoms with Gasteiger partial charge in [0.15, 0.2) is 6.23 Å². The van der Waals surface area contributed by atoms with Crippen LogP contribution in [0.1, 0.15) is 6.23 Å². The molecular formula is C9H12N3O8PZn. The van der Waals surface area contributed by atoms with Crippen molar-refractivity contribution in [2.24, 2.45) is 0 Å². The predicted molar refractivity (Wildman–Crippen MR) is 62.4 cm³/mol. The molecule has 2 rings (SSSR count). The Morgan fingerprint density at radius 2 is 2.09 bits per heavy atom. The number of aliphatic hydroxyl groups excluding tert-OH is 2. The molecule has 0 spiro atoms. The van der Waals surface area contributed by atoms with Crippen molar-refractivity contribution in [3.63, 3.8) is 0 Å². The Morgan fingerprint density at radius 1 is 1.45 bits per heavy atom. The van der Waals surface area contributed by atoms with Gasteiger partial charge in [-0.15, -0.1) is 0 Å². The van der Waals surface area contributed by atoms with Crippen molar-refractivity contribution in [1.82, 2.24) is 9.55 Å². The van der Waals surface area contributed by atoms with Gasteiger partial charge >= 0.3 is 25.2 Å². The molecule has 22 heavy (non-hydrogen) atoms. The Kier molecular flexibility index (Phi) is 6.37. The molecular weight excluding hydrogens is 374 g/mol. The first-order valence-corrected chi connectivity index (χ1v) is 7.18. The van der Waals surface area contributed by atoms with Gasteiger partial charge in [-0.05, 0) is 6.07 Å². The van der Waals surface area contributed by atoms with Crippen molar-refractivity contribution in [1.29, 1.82) is 0 Å². The van der Waals surface area contributed by atoms with Crippen LogP contribution in [0, 0.1) is 0 Å². The van der Waals surface area contributed by atoms with Crippen LogP contribution >= 0.6 is 7.82 Å². The van der Waals surface area contributed by atoms with Crippen LogP contribution in [0.3, 0.4) is 0 Å². The van der Waals surface area contributed by atoms with Gasteiger partial charge in [-0.1, -0.05) is 0 Å². The van der Waals surface area contributed by atoms with E-state index in [-0.39, 0.29) is 25.3 Å². The van der Waals surface area contributed by atoms with E-state index in [0.29, 0.717) is 0 Å². The van der Waals surface area contributed by atoms with E-state index < -0.39 is 44.7 Å². The molecule has 1 fully saturated rings. The van der Waals surface area contributed by atoms with Crippen LogP contribution in [-0.2, 0) is 33.3 Å². The van der Waals surface area contributed by atoms with E-state index in [1.54, 1.807) is 0 Å². The van der Waals surface area contributed by atoms with Crippen LogP contribution in [0.2, 0.25) is 0 Å². The fourth-order valence-corrected chi connectivity index (χ4v) is 2.21. The molecule has 4 N–H and O–H groups in total. The van der Waals surface area contributed by atoms with Crippen LogP contribution < -0.4 is 21.2 Å². The number of rotatable bonds is 4. The van der Waals surface area contributed by atoms with Gasteiger partial charge in [-0.2, -0.15) is 4.98 Å². The quantitative estimate of drug-likeness (QED) is 0.343. The van der Waals surface area contributed by atoms with Gasteiger partial charge < -0.3 is 39.6 Å². The van der Waals surface area contributed by atoms with Crippen molar-refractivity contribution < 1.29 is 53.3 Å². The van der Waals surface area contributed by atoms with Crippen LogP contribution in [0.25, 0.3) is 0 Å². The molecule has 2 heterocycles. The third-order valence-corrected chi connectivity index (χ3v) is 3.33. The smallest absolute Gasteiger partial charge is 0.790 e. The molecule has 1 aromatic heterocycles. The normalized spacial score (nSPS) is 28.4. The number of nitrogens with zero attached hydrogens (tertiary/aromatic N) is 2. The van der Waals surface area contributed by atoms with Crippen molar-refractivity contribution in [2.45, 2.75) is 24.5 Å². The maximum atomic E-state index is 11.6. The minimum atomic E-state index is -5.24. The number of anilines is 1. The minimum Gasteiger partial charge on any atom is -0.790 e. The molecule has 0 saturated carbocycles. The Labute approximate surface area is 136 Å². The number of aromatic nitrogens is 2. The average molecular weight is 387 g/mol. The molecule has 118 valence electrons. The first-order valence-electron chi connectivity index (χ1n) is 5.72. The maximum Gasteiger partial charge on any atom is 2.00 e. The van der Waals surface area contributed by atoms with Crippen LogP contribution in [-0.4, -0.2) is 44.7 Å². The summed E-state index contributed by atoms with van der Waals surface area (Å²) < 4.78 is 20.4. The summed E-state index contributed by atoms with van der Waals surface area (Å²) in [6, 6.07) is 1.27. The zero-order valence-corrected chi connectivity index (χ0v) is 15.0. The Balaban J connectivity index is 0.00000242. The predicted octanol–water partition coefficient (Wildman–Crippen LogP) is -3.71. The van der Waals surface area contributed by atoms with E-state index in [2.05, 4.69) is 9.51 Å². The zero-order chi connectivity index (χ0) is 15.8. The summed E-state index contributed by atoms with van der Waals surface area (Å²) in [5, 5.41) is 19.6. The summed E-state index contributed by atoms with van der Waals surface area (Å²) in [6.07, 6.45) is -4.51. The second kappa shape index (κ2) is 7.24. The summed E-state index contributed by atoms with van der Waals surface area (Å²) in [5.41, 5.74) is 4.49. The first-order chi connectivity index (χ1) is 9.69. The molecule has 1 aromatic rings. The number of nitrogens with two attached hydrogens (primary N) is 1. The first kappa shape index (κ1) is 19.3. The SMILES string of the molecule is Nc1ccn([C@@H]2O[C@H](COP(=O)([O-])[O-])[C@@H](O)[C@H]2O)c(=O)n1.[Zn+2]. The molecule has 0 aromatic carbocycles. The second-order valence-corrected chi connectivity index (χ2v) is 5.48. The number of aliphatic hydroxyl groups is 2. The summed E-state index contributed by atoms with van der Waals surface area (Å²) >= 11 is 0. The maximum absolute atomic E-state index is 11.6. The average Bonchev–Trinajstić information content (AvgIpc) is 2.64. The molecule has 0 bridgehead atoms. The van der Waals surface area contributed by atoms with Gasteiger partial charge in [-0.3, -0.25) is 4.57 Å². The summed E-state index contributed by atoms with van der Waals surface area (Å²) in [6.45, 7) is -0.782. The number of phosphoric ester groups is 1. The Morgan fingerprint density at radius 3 is 2.64 bits per heavy atom. The number of hydrogen-bond donors (Lipinski definition) is 3. The van der Waals surface area contributed by atoms with E-state index in [9.17, 15) is 29.4 Å². The van der Waals surface area contributed by atoms with E-state index in [4.69, 9.17) is 10.5 Å². The largest absolute Gasteiger partial charge is 2.00 e. The van der Waals surface area contributed by atoms with Gasteiger partial charge in [0.2, 0.25) is 0 Å². The topological polar surface area (TPSA) is 183 Å². The fraction of sp³-hybridized carbons (Fsp3) is 0.556. The van der Waals surface area contributed by atoms with Gasteiger partial charge in [0.05, 0.1) is 14.4 Å². The van der Waals surface area contributed by atoms with E-state index in [0.717, 1.165) is 4.57 Å². The van der Waals surface area contributed by atoms with E-state index in [1.807, 2.05) is 0 Å². The second-order valence-electron chi connectivity index (χ2n) is 4.33. The van der Waals surface area contributed by atoms with Gasteiger partial charge in [0, 0.05) is 6.20 Å². The van der Waals surface area contributed by atoms with Crippen LogP contribution in [0.4, 0.5) is 5.82 Å². The molecule has 0 amide bonds. The van der Waals surface area contributed by atoms with Crippen molar-refractivity contribution in [2.75, 3.05) is 12.3 Å². The number of ether oxygens (including phenoxy) is 1. The molecule has 4 atom stereocenters. The van der Waals surface area contributed by atoms with Crippen molar-refractivity contribution >= 4 is 13.6 Å². The molecule has 11 nitrogen and oxygen atoms in total. The van der Waals surface area contributed by atoms with E-state index >= 15 is 0 Å². The molecule has 0 radical (unpaired) electrons. The van der Waals surface area contributed by atoms with Crippen molar-refractivity contribution in [3.05, 3.63) is 22.7 Å². The van der Waals surface area contributed by atoms with Gasteiger partial charge in [-0.25, -0.2) is 4.79 Å². The van der Waals surface area contributed by atoms with E-state index in [1.165, 1.54) is 12.3 Å². The number of phosphoric acid groups is 1. The minimum absolute atomic E-state index is 0.